The van der Waals surface area contributed by atoms with Gasteiger partial charge < -0.3 is 24.1 Å². The number of aliphatic hydroxyl groups excluding tert-OH is 1. The molecular formula is C25H34Cl2N2O5. The molecule has 0 aliphatic carbocycles. The molecule has 2 heterocycles. The summed E-state index contributed by atoms with van der Waals surface area (Å²) in [6.07, 6.45) is 2.07. The van der Waals surface area contributed by atoms with Crippen molar-refractivity contribution in [2.75, 3.05) is 53.2 Å². The first-order valence-electron chi connectivity index (χ1n) is 11.1. The van der Waals surface area contributed by atoms with Gasteiger partial charge in [-0.3, -0.25) is 9.80 Å². The molecule has 0 radical (unpaired) electrons. The molecule has 1 N–H and O–H groups in total. The van der Waals surface area contributed by atoms with Crippen molar-refractivity contribution < 1.29 is 24.1 Å². The fraction of sp³-hybridized carbons (Fsp3) is 0.440. The van der Waals surface area contributed by atoms with Gasteiger partial charge in [-0.25, -0.2) is 0 Å². The maximum Gasteiger partial charge on any atom is 0.231 e. The topological polar surface area (TPSA) is 63.6 Å². The minimum atomic E-state index is -0.562. The van der Waals surface area contributed by atoms with Crippen molar-refractivity contribution in [1.82, 2.24) is 9.80 Å². The van der Waals surface area contributed by atoms with Crippen LogP contribution in [0, 0.1) is 0 Å². The quantitative estimate of drug-likeness (QED) is 0.488. The Hall–Kier alpha value is -2.16. The second kappa shape index (κ2) is 13.7. The molecule has 188 valence electrons. The van der Waals surface area contributed by atoms with E-state index in [2.05, 4.69) is 28.5 Å². The summed E-state index contributed by atoms with van der Waals surface area (Å²) in [5, 5.41) is 10.5. The van der Waals surface area contributed by atoms with Crippen LogP contribution in [0.5, 0.6) is 23.0 Å². The summed E-state index contributed by atoms with van der Waals surface area (Å²) in [7, 11) is 1.62. The third-order valence-corrected chi connectivity index (χ3v) is 5.82. The highest BCUT2D eigenvalue weighted by Crippen LogP contribution is 2.33. The van der Waals surface area contributed by atoms with Crippen LogP contribution in [-0.2, 0) is 13.0 Å². The van der Waals surface area contributed by atoms with E-state index in [4.69, 9.17) is 18.9 Å². The molecule has 0 saturated carbocycles. The number of benzene rings is 2. The maximum atomic E-state index is 10.5. The van der Waals surface area contributed by atoms with E-state index < -0.39 is 6.10 Å². The Bertz CT molecular complexity index is 922. The van der Waals surface area contributed by atoms with E-state index >= 15 is 0 Å². The summed E-state index contributed by atoms with van der Waals surface area (Å²) in [6.45, 7) is 9.53. The van der Waals surface area contributed by atoms with Crippen LogP contribution in [0.25, 0.3) is 0 Å². The normalized spacial score (nSPS) is 16.2. The van der Waals surface area contributed by atoms with Crippen molar-refractivity contribution in [3.63, 3.8) is 0 Å². The maximum absolute atomic E-state index is 10.5. The highest BCUT2D eigenvalue weighted by molar-refractivity contribution is 5.85. The SMILES string of the molecule is C=CCc1ccc(OCC(O)CN2CCN(Cc3ccc4c(c3)OCO4)CC2)c(OC)c1.Cl.Cl. The Kier molecular flexibility index (Phi) is 11.3. The molecule has 1 atom stereocenters. The van der Waals surface area contributed by atoms with Crippen molar-refractivity contribution >= 4 is 24.8 Å². The Morgan fingerprint density at radius 2 is 1.68 bits per heavy atom. The molecule has 9 heteroatoms. The van der Waals surface area contributed by atoms with Gasteiger partial charge in [0, 0.05) is 39.3 Å². The van der Waals surface area contributed by atoms with Gasteiger partial charge >= 0.3 is 0 Å². The van der Waals surface area contributed by atoms with Gasteiger partial charge in [-0.2, -0.15) is 0 Å². The van der Waals surface area contributed by atoms with Crippen LogP contribution in [0.15, 0.2) is 49.1 Å². The number of aliphatic hydroxyl groups is 1. The van der Waals surface area contributed by atoms with Crippen LogP contribution >= 0.6 is 24.8 Å². The average Bonchev–Trinajstić information content (AvgIpc) is 3.27. The van der Waals surface area contributed by atoms with Gasteiger partial charge in [-0.15, -0.1) is 31.4 Å². The Labute approximate surface area is 214 Å². The molecule has 1 saturated heterocycles. The van der Waals surface area contributed by atoms with Crippen LogP contribution in [0.2, 0.25) is 0 Å². The van der Waals surface area contributed by atoms with Gasteiger partial charge in [0.25, 0.3) is 0 Å². The number of hydrogen-bond acceptors (Lipinski definition) is 7. The molecule has 4 rings (SSSR count). The van der Waals surface area contributed by atoms with Crippen molar-refractivity contribution in [2.45, 2.75) is 19.1 Å². The Balaban J connectivity index is 0.00000204. The highest BCUT2D eigenvalue weighted by Gasteiger charge is 2.21. The predicted molar refractivity (Wildman–Crippen MR) is 137 cm³/mol. The van der Waals surface area contributed by atoms with E-state index in [1.807, 2.05) is 30.3 Å². The Morgan fingerprint density at radius 1 is 0.971 bits per heavy atom. The molecule has 1 unspecified atom stereocenters. The van der Waals surface area contributed by atoms with Crippen molar-refractivity contribution in [3.8, 4) is 23.0 Å². The minimum Gasteiger partial charge on any atom is -0.493 e. The molecule has 2 aliphatic heterocycles. The molecule has 7 nitrogen and oxygen atoms in total. The number of fused-ring (bicyclic) bond motifs is 1. The fourth-order valence-electron chi connectivity index (χ4n) is 4.09. The molecule has 1 fully saturated rings. The first-order valence-corrected chi connectivity index (χ1v) is 11.1. The first kappa shape index (κ1) is 28.1. The van der Waals surface area contributed by atoms with Crippen LogP contribution in [-0.4, -0.2) is 74.2 Å². The zero-order chi connectivity index (χ0) is 22.3. The lowest BCUT2D eigenvalue weighted by atomic mass is 10.1. The van der Waals surface area contributed by atoms with Gasteiger partial charge in [-0.05, 0) is 41.8 Å². The highest BCUT2D eigenvalue weighted by atomic mass is 35.5. The molecular weight excluding hydrogens is 479 g/mol. The Morgan fingerprint density at radius 3 is 2.41 bits per heavy atom. The van der Waals surface area contributed by atoms with E-state index in [-0.39, 0.29) is 31.4 Å². The van der Waals surface area contributed by atoms with Crippen molar-refractivity contribution in [2.24, 2.45) is 0 Å². The number of ether oxygens (including phenoxy) is 4. The van der Waals surface area contributed by atoms with Gasteiger partial charge in [0.1, 0.15) is 12.7 Å². The van der Waals surface area contributed by atoms with E-state index in [9.17, 15) is 5.11 Å². The smallest absolute Gasteiger partial charge is 0.231 e. The largest absolute Gasteiger partial charge is 0.493 e. The zero-order valence-electron chi connectivity index (χ0n) is 19.5. The number of nitrogens with zero attached hydrogens (tertiary/aromatic N) is 2. The van der Waals surface area contributed by atoms with E-state index in [0.717, 1.165) is 56.2 Å². The number of β-amino-alcohol motifs (C(OH)–C–C–N with tert-alkyl or cyclic N) is 1. The second-order valence-corrected chi connectivity index (χ2v) is 8.21. The predicted octanol–water partition coefficient (Wildman–Crippen LogP) is 3.55. The zero-order valence-corrected chi connectivity index (χ0v) is 21.1. The lowest BCUT2D eigenvalue weighted by Crippen LogP contribution is -2.48. The van der Waals surface area contributed by atoms with Gasteiger partial charge in [0.15, 0.2) is 23.0 Å². The fourth-order valence-corrected chi connectivity index (χ4v) is 4.09. The van der Waals surface area contributed by atoms with E-state index in [0.29, 0.717) is 24.8 Å². The number of piperazine rings is 1. The van der Waals surface area contributed by atoms with Gasteiger partial charge in [0.2, 0.25) is 6.79 Å². The summed E-state index contributed by atoms with van der Waals surface area (Å²) in [5.41, 5.74) is 2.34. The molecule has 2 aliphatic rings. The lowest BCUT2D eigenvalue weighted by Gasteiger charge is -2.35. The van der Waals surface area contributed by atoms with E-state index in [1.54, 1.807) is 7.11 Å². The summed E-state index contributed by atoms with van der Waals surface area (Å²) in [5.74, 6) is 2.97. The summed E-state index contributed by atoms with van der Waals surface area (Å²) in [4.78, 5) is 4.71. The molecule has 34 heavy (non-hydrogen) atoms. The van der Waals surface area contributed by atoms with Crippen LogP contribution in [0.1, 0.15) is 11.1 Å². The summed E-state index contributed by atoms with van der Waals surface area (Å²) in [6, 6.07) is 12.0. The van der Waals surface area contributed by atoms with Crippen molar-refractivity contribution in [1.29, 1.82) is 0 Å². The molecule has 2 aromatic rings. The number of rotatable bonds is 10. The average molecular weight is 513 g/mol. The lowest BCUT2D eigenvalue weighted by molar-refractivity contribution is 0.0440. The van der Waals surface area contributed by atoms with Crippen LogP contribution in [0.3, 0.4) is 0 Å². The second-order valence-electron chi connectivity index (χ2n) is 8.21. The van der Waals surface area contributed by atoms with Gasteiger partial charge in [0.05, 0.1) is 7.11 Å². The van der Waals surface area contributed by atoms with Crippen LogP contribution < -0.4 is 18.9 Å². The molecule has 0 bridgehead atoms. The molecule has 2 aromatic carbocycles. The number of allylic oxidation sites excluding steroid dienone is 1. The number of methoxy groups -OCH3 is 1. The third-order valence-electron chi connectivity index (χ3n) is 5.82. The van der Waals surface area contributed by atoms with Crippen LogP contribution in [0.4, 0.5) is 0 Å². The minimum absolute atomic E-state index is 0. The third kappa shape index (κ3) is 7.42. The van der Waals surface area contributed by atoms with E-state index in [1.165, 1.54) is 5.56 Å². The standard InChI is InChI=1S/C25H32N2O5.2ClH/c1-3-4-19-5-7-22(24(13-19)29-2)30-17-21(28)16-27-11-9-26(10-12-27)15-20-6-8-23-25(14-20)32-18-31-23;;/h3,5-8,13-14,21,28H,1,4,9-12,15-18H2,2H3;2*1H. The molecule has 0 spiro atoms. The number of hydrogen-bond donors (Lipinski definition) is 1. The van der Waals surface area contributed by atoms with Crippen molar-refractivity contribution in [3.05, 3.63) is 60.2 Å². The molecule has 0 amide bonds. The number of halogens is 2. The summed E-state index contributed by atoms with van der Waals surface area (Å²) < 4.78 is 22.1. The molecule has 0 aromatic heterocycles. The van der Waals surface area contributed by atoms with Gasteiger partial charge in [-0.1, -0.05) is 18.2 Å². The summed E-state index contributed by atoms with van der Waals surface area (Å²) >= 11 is 0. The first-order chi connectivity index (χ1) is 15.6. The monoisotopic (exact) mass is 512 g/mol.